The van der Waals surface area contributed by atoms with Crippen LogP contribution in [0, 0.1) is 6.92 Å². The maximum absolute atomic E-state index is 12.5. The lowest BCUT2D eigenvalue weighted by atomic mass is 10.2. The number of carbonyl (C=O) groups excluding carboxylic acids is 1. The maximum Gasteiger partial charge on any atom is 0.279 e. The summed E-state index contributed by atoms with van der Waals surface area (Å²) in [5.41, 5.74) is 2.90. The minimum Gasteiger partial charge on any atom is -0.380 e. The number of hydrogen-bond donors (Lipinski definition) is 0. The van der Waals surface area contributed by atoms with E-state index in [9.17, 15) is 4.79 Å². The molecule has 0 aliphatic carbocycles. The summed E-state index contributed by atoms with van der Waals surface area (Å²) in [6.07, 6.45) is 0. The summed E-state index contributed by atoms with van der Waals surface area (Å²) < 4.78 is 8.72. The van der Waals surface area contributed by atoms with Crippen molar-refractivity contribution >= 4 is 27.5 Å². The van der Waals surface area contributed by atoms with Gasteiger partial charge in [0.25, 0.3) is 5.91 Å². The monoisotopic (exact) mass is 340 g/mol. The largest absolute Gasteiger partial charge is 0.380 e. The third-order valence-corrected chi connectivity index (χ3v) is 4.83. The van der Waals surface area contributed by atoms with E-state index in [0.29, 0.717) is 30.1 Å². The fraction of sp³-hybridized carbons (Fsp3) is 0.263. The van der Waals surface area contributed by atoms with Crippen molar-refractivity contribution in [2.24, 2.45) is 4.99 Å². The van der Waals surface area contributed by atoms with Gasteiger partial charge >= 0.3 is 0 Å². The highest BCUT2D eigenvalue weighted by atomic mass is 32.1. The number of carbonyl (C=O) groups is 1. The fourth-order valence-corrected chi connectivity index (χ4v) is 3.76. The first-order valence-electron chi connectivity index (χ1n) is 8.01. The van der Waals surface area contributed by atoms with Crippen LogP contribution in [0.2, 0.25) is 0 Å². The second-order valence-electron chi connectivity index (χ2n) is 5.44. The molecular formula is C19H20N2O2S. The van der Waals surface area contributed by atoms with Crippen molar-refractivity contribution < 1.29 is 9.53 Å². The van der Waals surface area contributed by atoms with Gasteiger partial charge in [-0.1, -0.05) is 41.7 Å². The summed E-state index contributed by atoms with van der Waals surface area (Å²) in [4.78, 5) is 17.5. The Bertz CT molecular complexity index is 910. The molecule has 0 saturated carbocycles. The lowest BCUT2D eigenvalue weighted by molar-refractivity contribution is 0.0996. The van der Waals surface area contributed by atoms with E-state index in [1.807, 2.05) is 31.2 Å². The summed E-state index contributed by atoms with van der Waals surface area (Å²) in [6, 6.07) is 15.3. The van der Waals surface area contributed by atoms with Gasteiger partial charge in [0.1, 0.15) is 0 Å². The van der Waals surface area contributed by atoms with E-state index in [0.717, 1.165) is 10.2 Å². The number of para-hydroxylation sites is 1. The molecule has 2 aromatic carbocycles. The molecule has 0 bridgehead atoms. The van der Waals surface area contributed by atoms with Crippen LogP contribution in [0.1, 0.15) is 22.8 Å². The van der Waals surface area contributed by atoms with Gasteiger partial charge in [-0.2, -0.15) is 4.99 Å². The zero-order valence-corrected chi connectivity index (χ0v) is 14.7. The average Bonchev–Trinajstić information content (AvgIpc) is 2.94. The van der Waals surface area contributed by atoms with Gasteiger partial charge < -0.3 is 9.30 Å². The number of ether oxygens (including phenoxy) is 1. The summed E-state index contributed by atoms with van der Waals surface area (Å²) in [7, 11) is 0. The minimum absolute atomic E-state index is 0.218. The topological polar surface area (TPSA) is 43.6 Å². The van der Waals surface area contributed by atoms with Crippen LogP contribution in [-0.2, 0) is 11.3 Å². The maximum atomic E-state index is 12.5. The number of hydrogen-bond acceptors (Lipinski definition) is 3. The molecule has 0 N–H and O–H groups in total. The van der Waals surface area contributed by atoms with E-state index in [2.05, 4.69) is 28.6 Å². The number of nitrogens with zero attached hydrogens (tertiary/aromatic N) is 2. The molecule has 0 radical (unpaired) electrons. The summed E-state index contributed by atoms with van der Waals surface area (Å²) in [6.45, 7) is 6.01. The Kier molecular flexibility index (Phi) is 5.23. The molecule has 5 heteroatoms. The molecule has 1 amide bonds. The van der Waals surface area contributed by atoms with Crippen LogP contribution in [0.4, 0.5) is 0 Å². The van der Waals surface area contributed by atoms with Crippen LogP contribution in [0.15, 0.2) is 53.5 Å². The van der Waals surface area contributed by atoms with Crippen LogP contribution in [-0.4, -0.2) is 23.7 Å². The quantitative estimate of drug-likeness (QED) is 0.663. The Labute approximate surface area is 145 Å². The fourth-order valence-electron chi connectivity index (χ4n) is 2.63. The SMILES string of the molecule is CCOCCn1c(=NC(=O)c2ccccc2)sc2cccc(C)c21. The molecule has 3 aromatic rings. The number of aryl methyl sites for hydroxylation is 1. The molecule has 4 nitrogen and oxygen atoms in total. The van der Waals surface area contributed by atoms with E-state index in [4.69, 9.17) is 4.74 Å². The zero-order chi connectivity index (χ0) is 16.9. The molecule has 0 atom stereocenters. The van der Waals surface area contributed by atoms with Gasteiger partial charge in [-0.15, -0.1) is 0 Å². The Morgan fingerprint density at radius 2 is 1.96 bits per heavy atom. The molecule has 124 valence electrons. The van der Waals surface area contributed by atoms with Crippen LogP contribution in [0.5, 0.6) is 0 Å². The summed E-state index contributed by atoms with van der Waals surface area (Å²) in [5.74, 6) is -0.218. The molecule has 1 heterocycles. The van der Waals surface area contributed by atoms with Crippen LogP contribution >= 0.6 is 11.3 Å². The second kappa shape index (κ2) is 7.55. The van der Waals surface area contributed by atoms with Gasteiger partial charge in [0.15, 0.2) is 4.80 Å². The number of aromatic nitrogens is 1. The van der Waals surface area contributed by atoms with Crippen LogP contribution in [0.3, 0.4) is 0 Å². The first-order chi connectivity index (χ1) is 11.7. The van der Waals surface area contributed by atoms with Gasteiger partial charge in [-0.05, 0) is 37.6 Å². The van der Waals surface area contributed by atoms with Crippen LogP contribution < -0.4 is 4.80 Å². The zero-order valence-electron chi connectivity index (χ0n) is 13.9. The Morgan fingerprint density at radius 1 is 1.17 bits per heavy atom. The van der Waals surface area contributed by atoms with E-state index in [1.54, 1.807) is 12.1 Å². The van der Waals surface area contributed by atoms with E-state index >= 15 is 0 Å². The van der Waals surface area contributed by atoms with Gasteiger partial charge in [0, 0.05) is 18.7 Å². The Morgan fingerprint density at radius 3 is 2.71 bits per heavy atom. The molecule has 1 aromatic heterocycles. The molecule has 3 rings (SSSR count). The van der Waals surface area contributed by atoms with Crippen molar-refractivity contribution in [2.75, 3.05) is 13.2 Å². The van der Waals surface area contributed by atoms with Gasteiger partial charge in [0.2, 0.25) is 0 Å². The molecule has 0 spiro atoms. The molecule has 0 fully saturated rings. The molecule has 0 aliphatic rings. The van der Waals surface area contributed by atoms with Gasteiger partial charge in [-0.3, -0.25) is 4.79 Å². The Hall–Kier alpha value is -2.24. The van der Waals surface area contributed by atoms with Crippen molar-refractivity contribution in [1.29, 1.82) is 0 Å². The number of benzene rings is 2. The summed E-state index contributed by atoms with van der Waals surface area (Å²) in [5, 5.41) is 0. The second-order valence-corrected chi connectivity index (χ2v) is 6.45. The average molecular weight is 340 g/mol. The predicted octanol–water partition coefficient (Wildman–Crippen LogP) is 3.79. The van der Waals surface area contributed by atoms with Crippen LogP contribution in [0.25, 0.3) is 10.2 Å². The van der Waals surface area contributed by atoms with Crippen molar-refractivity contribution in [3.63, 3.8) is 0 Å². The lowest BCUT2D eigenvalue weighted by Gasteiger charge is -2.07. The lowest BCUT2D eigenvalue weighted by Crippen LogP contribution is -2.20. The molecule has 24 heavy (non-hydrogen) atoms. The van der Waals surface area contributed by atoms with E-state index in [-0.39, 0.29) is 5.91 Å². The first kappa shape index (κ1) is 16.6. The van der Waals surface area contributed by atoms with E-state index < -0.39 is 0 Å². The highest BCUT2D eigenvalue weighted by molar-refractivity contribution is 7.16. The third kappa shape index (κ3) is 3.47. The van der Waals surface area contributed by atoms with Crippen molar-refractivity contribution in [3.8, 4) is 0 Å². The van der Waals surface area contributed by atoms with E-state index in [1.165, 1.54) is 16.9 Å². The molecule has 0 saturated heterocycles. The van der Waals surface area contributed by atoms with Crippen molar-refractivity contribution in [2.45, 2.75) is 20.4 Å². The van der Waals surface area contributed by atoms with Gasteiger partial charge in [-0.25, -0.2) is 0 Å². The number of amides is 1. The number of thiazole rings is 1. The van der Waals surface area contributed by atoms with Gasteiger partial charge in [0.05, 0.1) is 16.8 Å². The molecule has 0 aliphatic heterocycles. The summed E-state index contributed by atoms with van der Waals surface area (Å²) >= 11 is 1.54. The number of rotatable bonds is 5. The smallest absolute Gasteiger partial charge is 0.279 e. The highest BCUT2D eigenvalue weighted by Crippen LogP contribution is 2.21. The van der Waals surface area contributed by atoms with Crippen molar-refractivity contribution in [1.82, 2.24) is 4.57 Å². The Balaban J connectivity index is 2.09. The normalized spacial score (nSPS) is 12.0. The minimum atomic E-state index is -0.218. The predicted molar refractivity (Wildman–Crippen MR) is 97.4 cm³/mol. The van der Waals surface area contributed by atoms with Crippen molar-refractivity contribution in [3.05, 3.63) is 64.5 Å². The number of fused-ring (bicyclic) bond motifs is 1. The first-order valence-corrected chi connectivity index (χ1v) is 8.83. The third-order valence-electron chi connectivity index (χ3n) is 3.78. The highest BCUT2D eigenvalue weighted by Gasteiger charge is 2.10. The standard InChI is InChI=1S/C19H20N2O2S/c1-3-23-13-12-21-17-14(2)8-7-11-16(17)24-19(21)20-18(22)15-9-5-4-6-10-15/h4-11H,3,12-13H2,1-2H3. The molecular weight excluding hydrogens is 320 g/mol. The molecule has 0 unspecified atom stereocenters.